The first kappa shape index (κ1) is 13.5. The molecule has 0 bridgehead atoms. The fourth-order valence-electron chi connectivity index (χ4n) is 2.62. The molecule has 1 atom stereocenters. The molecule has 18 heavy (non-hydrogen) atoms. The summed E-state index contributed by atoms with van der Waals surface area (Å²) in [7, 11) is 0. The topological polar surface area (TPSA) is 52.5 Å². The van der Waals surface area contributed by atoms with Crippen LogP contribution in [0.1, 0.15) is 43.8 Å². The Morgan fingerprint density at radius 3 is 2.44 bits per heavy atom. The van der Waals surface area contributed by atoms with Gasteiger partial charge in [0.2, 0.25) is 0 Å². The highest BCUT2D eigenvalue weighted by molar-refractivity contribution is 5.17. The summed E-state index contributed by atoms with van der Waals surface area (Å²) in [6, 6.07) is 9.62. The van der Waals surface area contributed by atoms with Crippen molar-refractivity contribution in [2.45, 2.75) is 43.8 Å². The lowest BCUT2D eigenvalue weighted by Crippen LogP contribution is -2.43. The Balaban J connectivity index is 1.75. The molecule has 0 spiro atoms. The van der Waals surface area contributed by atoms with Crippen LogP contribution in [0.15, 0.2) is 30.3 Å². The van der Waals surface area contributed by atoms with Gasteiger partial charge in [0.05, 0.1) is 11.7 Å². The molecule has 0 aromatic heterocycles. The van der Waals surface area contributed by atoms with Crippen LogP contribution in [0.2, 0.25) is 0 Å². The molecule has 3 heteroatoms. The van der Waals surface area contributed by atoms with E-state index in [0.29, 0.717) is 13.1 Å². The Morgan fingerprint density at radius 2 is 1.78 bits per heavy atom. The summed E-state index contributed by atoms with van der Waals surface area (Å²) >= 11 is 0. The highest BCUT2D eigenvalue weighted by atomic mass is 16.3. The van der Waals surface area contributed by atoms with Crippen molar-refractivity contribution in [2.24, 2.45) is 0 Å². The zero-order valence-electron chi connectivity index (χ0n) is 10.8. The van der Waals surface area contributed by atoms with E-state index >= 15 is 0 Å². The first-order valence-electron chi connectivity index (χ1n) is 6.86. The average molecular weight is 249 g/mol. The molecule has 2 rings (SSSR count). The summed E-state index contributed by atoms with van der Waals surface area (Å²) < 4.78 is 0. The second kappa shape index (κ2) is 6.32. The van der Waals surface area contributed by atoms with Gasteiger partial charge in [-0.15, -0.1) is 0 Å². The Hall–Kier alpha value is -0.900. The molecule has 0 saturated heterocycles. The smallest absolute Gasteiger partial charge is 0.0914 e. The summed E-state index contributed by atoms with van der Waals surface area (Å²) in [5.74, 6) is 0. The van der Waals surface area contributed by atoms with E-state index in [9.17, 15) is 10.2 Å². The molecule has 0 amide bonds. The lowest BCUT2D eigenvalue weighted by Gasteiger charge is -2.32. The van der Waals surface area contributed by atoms with Gasteiger partial charge in [0, 0.05) is 13.1 Å². The maximum Gasteiger partial charge on any atom is 0.0914 e. The molecule has 1 aromatic rings. The molecular weight excluding hydrogens is 226 g/mol. The van der Waals surface area contributed by atoms with E-state index in [4.69, 9.17) is 0 Å². The van der Waals surface area contributed by atoms with E-state index in [2.05, 4.69) is 5.32 Å². The molecule has 1 unspecified atom stereocenters. The molecule has 1 aliphatic carbocycles. The van der Waals surface area contributed by atoms with Crippen molar-refractivity contribution in [3.63, 3.8) is 0 Å². The number of nitrogens with one attached hydrogen (secondary N) is 1. The molecular formula is C15H23NO2. The third-order valence-corrected chi connectivity index (χ3v) is 3.76. The van der Waals surface area contributed by atoms with E-state index in [1.165, 1.54) is 6.42 Å². The summed E-state index contributed by atoms with van der Waals surface area (Å²) in [5.41, 5.74) is 0.356. The van der Waals surface area contributed by atoms with Crippen LogP contribution in [0.3, 0.4) is 0 Å². The highest BCUT2D eigenvalue weighted by Crippen LogP contribution is 2.27. The van der Waals surface area contributed by atoms with Gasteiger partial charge in [0.25, 0.3) is 0 Å². The molecule has 1 fully saturated rings. The quantitative estimate of drug-likeness (QED) is 0.748. The monoisotopic (exact) mass is 249 g/mol. The predicted octanol–water partition coefficient (Wildman–Crippen LogP) is 2.00. The Kier molecular flexibility index (Phi) is 4.75. The Bertz CT molecular complexity index is 347. The van der Waals surface area contributed by atoms with Crippen LogP contribution in [0.4, 0.5) is 0 Å². The third-order valence-electron chi connectivity index (χ3n) is 3.76. The van der Waals surface area contributed by atoms with Crippen molar-refractivity contribution in [1.29, 1.82) is 0 Å². The fraction of sp³-hybridized carbons (Fsp3) is 0.600. The number of hydrogen-bond acceptors (Lipinski definition) is 3. The minimum atomic E-state index is -0.561. The summed E-state index contributed by atoms with van der Waals surface area (Å²) in [6.07, 6.45) is 4.70. The summed E-state index contributed by atoms with van der Waals surface area (Å²) in [5, 5.41) is 23.5. The van der Waals surface area contributed by atoms with Crippen LogP contribution in [0.25, 0.3) is 0 Å². The maximum atomic E-state index is 10.3. The molecule has 1 aromatic carbocycles. The van der Waals surface area contributed by atoms with Gasteiger partial charge in [0.1, 0.15) is 0 Å². The van der Waals surface area contributed by atoms with E-state index in [0.717, 1.165) is 31.2 Å². The van der Waals surface area contributed by atoms with E-state index in [1.807, 2.05) is 30.3 Å². The van der Waals surface area contributed by atoms with Crippen molar-refractivity contribution < 1.29 is 10.2 Å². The van der Waals surface area contributed by atoms with E-state index in [1.54, 1.807) is 0 Å². The van der Waals surface area contributed by atoms with E-state index in [-0.39, 0.29) is 0 Å². The van der Waals surface area contributed by atoms with Crippen molar-refractivity contribution in [2.75, 3.05) is 13.1 Å². The molecule has 100 valence electrons. The first-order chi connectivity index (χ1) is 8.70. The largest absolute Gasteiger partial charge is 0.389 e. The van der Waals surface area contributed by atoms with Crippen LogP contribution < -0.4 is 5.32 Å². The fourth-order valence-corrected chi connectivity index (χ4v) is 2.62. The van der Waals surface area contributed by atoms with Crippen molar-refractivity contribution in [3.8, 4) is 0 Å². The van der Waals surface area contributed by atoms with Crippen molar-refractivity contribution in [1.82, 2.24) is 5.32 Å². The second-order valence-electron chi connectivity index (χ2n) is 5.34. The normalized spacial score (nSPS) is 20.6. The Labute approximate surface area is 109 Å². The van der Waals surface area contributed by atoms with Gasteiger partial charge in [-0.05, 0) is 18.4 Å². The van der Waals surface area contributed by atoms with Gasteiger partial charge in [0.15, 0.2) is 0 Å². The van der Waals surface area contributed by atoms with Gasteiger partial charge in [-0.2, -0.15) is 0 Å². The Morgan fingerprint density at radius 1 is 1.11 bits per heavy atom. The van der Waals surface area contributed by atoms with Crippen LogP contribution in [-0.2, 0) is 0 Å². The first-order valence-corrected chi connectivity index (χ1v) is 6.86. The zero-order chi connectivity index (χ0) is 12.8. The predicted molar refractivity (Wildman–Crippen MR) is 72.3 cm³/mol. The van der Waals surface area contributed by atoms with Crippen LogP contribution in [0, 0.1) is 0 Å². The minimum Gasteiger partial charge on any atom is -0.389 e. The minimum absolute atomic E-state index is 0.492. The lowest BCUT2D eigenvalue weighted by molar-refractivity contribution is 0.00264. The number of aliphatic hydroxyl groups is 2. The highest BCUT2D eigenvalue weighted by Gasteiger charge is 2.28. The standard InChI is InChI=1S/C15H23NO2/c17-14(13-7-3-1-4-8-13)11-16-12-15(18)9-5-2-6-10-15/h1,3-4,7-8,14,16-18H,2,5-6,9-12H2. The maximum absolute atomic E-state index is 10.3. The molecule has 0 heterocycles. The van der Waals surface area contributed by atoms with Gasteiger partial charge in [-0.25, -0.2) is 0 Å². The van der Waals surface area contributed by atoms with E-state index < -0.39 is 11.7 Å². The summed E-state index contributed by atoms with van der Waals surface area (Å²) in [4.78, 5) is 0. The summed E-state index contributed by atoms with van der Waals surface area (Å²) in [6.45, 7) is 1.07. The second-order valence-corrected chi connectivity index (χ2v) is 5.34. The number of hydrogen-bond donors (Lipinski definition) is 3. The van der Waals surface area contributed by atoms with Crippen molar-refractivity contribution >= 4 is 0 Å². The van der Waals surface area contributed by atoms with Crippen LogP contribution in [-0.4, -0.2) is 28.9 Å². The van der Waals surface area contributed by atoms with Gasteiger partial charge < -0.3 is 15.5 Å². The van der Waals surface area contributed by atoms with Gasteiger partial charge >= 0.3 is 0 Å². The molecule has 0 aliphatic heterocycles. The zero-order valence-corrected chi connectivity index (χ0v) is 10.8. The van der Waals surface area contributed by atoms with Gasteiger partial charge in [-0.3, -0.25) is 0 Å². The molecule has 1 aliphatic rings. The van der Waals surface area contributed by atoms with Crippen LogP contribution >= 0.6 is 0 Å². The number of rotatable bonds is 5. The molecule has 0 radical (unpaired) electrons. The SMILES string of the molecule is OC(CNCC1(O)CCCCC1)c1ccccc1. The average Bonchev–Trinajstić information content (AvgIpc) is 2.40. The van der Waals surface area contributed by atoms with Gasteiger partial charge in [-0.1, -0.05) is 49.6 Å². The molecule has 3 N–H and O–H groups in total. The third kappa shape index (κ3) is 3.80. The molecule has 3 nitrogen and oxygen atoms in total. The van der Waals surface area contributed by atoms with Crippen molar-refractivity contribution in [3.05, 3.63) is 35.9 Å². The number of benzene rings is 1. The lowest BCUT2D eigenvalue weighted by atomic mass is 9.85. The van der Waals surface area contributed by atoms with Crippen LogP contribution in [0.5, 0.6) is 0 Å². The molecule has 1 saturated carbocycles. The number of aliphatic hydroxyl groups excluding tert-OH is 1.